The fourth-order valence-electron chi connectivity index (χ4n) is 2.36. The third-order valence-corrected chi connectivity index (χ3v) is 6.99. The van der Waals surface area contributed by atoms with Crippen molar-refractivity contribution in [1.29, 1.82) is 0 Å². The Morgan fingerprint density at radius 1 is 1.40 bits per heavy atom. The van der Waals surface area contributed by atoms with Crippen LogP contribution in [0.1, 0.15) is 20.9 Å². The molecule has 0 fully saturated rings. The Morgan fingerprint density at radius 3 is 2.84 bits per heavy atom. The Bertz CT molecular complexity index is 913. The van der Waals surface area contributed by atoms with Gasteiger partial charge < -0.3 is 0 Å². The van der Waals surface area contributed by atoms with Gasteiger partial charge in [0.2, 0.25) is 0 Å². The molecule has 11 heteroatoms. The summed E-state index contributed by atoms with van der Waals surface area (Å²) in [7, 11) is -0.441. The Morgan fingerprint density at radius 2 is 2.16 bits per heavy atom. The van der Waals surface area contributed by atoms with Crippen molar-refractivity contribution < 1.29 is 13.2 Å². The third kappa shape index (κ3) is 3.90. The molecule has 3 heterocycles. The van der Waals surface area contributed by atoms with Gasteiger partial charge in [-0.15, -0.1) is 11.3 Å². The number of anilines is 1. The first-order valence-corrected chi connectivity index (χ1v) is 10.4. The van der Waals surface area contributed by atoms with E-state index in [1.165, 1.54) is 40.2 Å². The van der Waals surface area contributed by atoms with E-state index < -0.39 is 10.2 Å². The number of carbonyl (C=O) groups is 1. The van der Waals surface area contributed by atoms with Crippen LogP contribution in [0, 0.1) is 0 Å². The van der Waals surface area contributed by atoms with E-state index in [-0.39, 0.29) is 12.5 Å². The van der Waals surface area contributed by atoms with Gasteiger partial charge in [-0.1, -0.05) is 0 Å². The average molecular weight is 446 g/mol. The lowest BCUT2D eigenvalue weighted by atomic mass is 10.2. The van der Waals surface area contributed by atoms with Gasteiger partial charge in [0.15, 0.2) is 5.13 Å². The number of nitrogens with zero attached hydrogens (tertiary/aromatic N) is 4. The van der Waals surface area contributed by atoms with Crippen molar-refractivity contribution in [3.8, 4) is 0 Å². The number of thiazole rings is 1. The maximum atomic E-state index is 12.3. The number of pyridine rings is 1. The molecule has 1 amide bonds. The van der Waals surface area contributed by atoms with Crippen molar-refractivity contribution in [2.75, 3.05) is 26.0 Å². The summed E-state index contributed by atoms with van der Waals surface area (Å²) >= 11 is 4.57. The second-order valence-electron chi connectivity index (χ2n) is 5.61. The zero-order valence-electron chi connectivity index (χ0n) is 13.6. The summed E-state index contributed by atoms with van der Waals surface area (Å²) in [5.41, 5.74) is 1.25. The van der Waals surface area contributed by atoms with Gasteiger partial charge in [0.05, 0.1) is 17.8 Å². The molecule has 0 saturated carbocycles. The molecule has 0 aliphatic carbocycles. The molecule has 2 aromatic heterocycles. The Balaban J connectivity index is 1.76. The molecule has 1 aliphatic heterocycles. The zero-order chi connectivity index (χ0) is 18.2. The molecule has 0 unspecified atom stereocenters. The minimum Gasteiger partial charge on any atom is -0.298 e. The van der Waals surface area contributed by atoms with Crippen LogP contribution >= 0.6 is 27.3 Å². The van der Waals surface area contributed by atoms with E-state index in [1.54, 1.807) is 12.3 Å². The van der Waals surface area contributed by atoms with Crippen molar-refractivity contribution in [2.24, 2.45) is 0 Å². The maximum Gasteiger partial charge on any atom is 0.281 e. The highest BCUT2D eigenvalue weighted by Gasteiger charge is 2.30. The van der Waals surface area contributed by atoms with E-state index in [9.17, 15) is 13.2 Å². The molecular weight excluding hydrogens is 430 g/mol. The summed E-state index contributed by atoms with van der Waals surface area (Å²) in [4.78, 5) is 21.5. The van der Waals surface area contributed by atoms with Crippen LogP contribution in [0.25, 0.3) is 0 Å². The number of carbonyl (C=O) groups excluding carboxylic acids is 1. The third-order valence-electron chi connectivity index (χ3n) is 3.67. The van der Waals surface area contributed by atoms with E-state index in [4.69, 9.17) is 0 Å². The standard InChI is InChI=1S/C14H16BrN5O3S2/c1-19(2)25(22,23)20-4-3-11-12(8-20)24-14(17-11)18-13(21)9-5-10(15)7-16-6-9/h5-7H,3-4,8H2,1-2H3,(H,17,18,21). The van der Waals surface area contributed by atoms with Gasteiger partial charge in [0.25, 0.3) is 16.1 Å². The number of fused-ring (bicyclic) bond motifs is 1. The van der Waals surface area contributed by atoms with Crippen LogP contribution in [0.2, 0.25) is 0 Å². The molecule has 8 nitrogen and oxygen atoms in total. The lowest BCUT2D eigenvalue weighted by Crippen LogP contribution is -2.42. The van der Waals surface area contributed by atoms with Crippen molar-refractivity contribution in [2.45, 2.75) is 13.0 Å². The number of amides is 1. The molecule has 0 radical (unpaired) electrons. The second kappa shape index (κ2) is 7.08. The highest BCUT2D eigenvalue weighted by atomic mass is 79.9. The molecule has 0 aromatic carbocycles. The fraction of sp³-hybridized carbons (Fsp3) is 0.357. The predicted octanol–water partition coefficient (Wildman–Crippen LogP) is 1.72. The Labute approximate surface area is 158 Å². The van der Waals surface area contributed by atoms with E-state index in [2.05, 4.69) is 31.2 Å². The molecule has 0 spiro atoms. The Hall–Kier alpha value is -1.40. The van der Waals surface area contributed by atoms with Crippen molar-refractivity contribution >= 4 is 48.5 Å². The summed E-state index contributed by atoms with van der Waals surface area (Å²) in [5.74, 6) is -0.308. The largest absolute Gasteiger partial charge is 0.298 e. The van der Waals surface area contributed by atoms with Gasteiger partial charge in [-0.3, -0.25) is 15.1 Å². The van der Waals surface area contributed by atoms with Crippen molar-refractivity contribution in [3.05, 3.63) is 39.1 Å². The minimum atomic E-state index is -3.46. The topological polar surface area (TPSA) is 95.5 Å². The summed E-state index contributed by atoms with van der Waals surface area (Å²) in [6.45, 7) is 0.641. The van der Waals surface area contributed by atoms with Crippen LogP contribution in [0.3, 0.4) is 0 Å². The van der Waals surface area contributed by atoms with Gasteiger partial charge in [-0.05, 0) is 22.0 Å². The smallest absolute Gasteiger partial charge is 0.281 e. The summed E-state index contributed by atoms with van der Waals surface area (Å²) in [6, 6.07) is 1.67. The normalized spacial score (nSPS) is 15.2. The number of hydrogen-bond donors (Lipinski definition) is 1. The van der Waals surface area contributed by atoms with Crippen molar-refractivity contribution in [1.82, 2.24) is 18.6 Å². The minimum absolute atomic E-state index is 0.266. The lowest BCUT2D eigenvalue weighted by Gasteiger charge is -2.27. The molecule has 1 aliphatic rings. The van der Waals surface area contributed by atoms with Crippen LogP contribution in [-0.4, -0.2) is 53.5 Å². The van der Waals surface area contributed by atoms with E-state index in [1.807, 2.05) is 0 Å². The van der Waals surface area contributed by atoms with Crippen LogP contribution < -0.4 is 5.32 Å². The van der Waals surface area contributed by atoms with Crippen LogP contribution in [0.5, 0.6) is 0 Å². The SMILES string of the molecule is CN(C)S(=O)(=O)N1CCc2nc(NC(=O)c3cncc(Br)c3)sc2C1. The molecule has 0 bridgehead atoms. The first kappa shape index (κ1) is 18.4. The number of aromatic nitrogens is 2. The van der Waals surface area contributed by atoms with Gasteiger partial charge >= 0.3 is 0 Å². The maximum absolute atomic E-state index is 12.3. The second-order valence-corrected chi connectivity index (χ2v) is 9.75. The van der Waals surface area contributed by atoms with Crippen molar-refractivity contribution in [3.63, 3.8) is 0 Å². The molecule has 0 saturated heterocycles. The van der Waals surface area contributed by atoms with Crippen LogP contribution in [-0.2, 0) is 23.2 Å². The number of hydrogen-bond acceptors (Lipinski definition) is 6. The van der Waals surface area contributed by atoms with Gasteiger partial charge in [0, 0.05) is 48.8 Å². The predicted molar refractivity (Wildman–Crippen MR) is 98.7 cm³/mol. The number of halogens is 1. The molecule has 3 rings (SSSR count). The summed E-state index contributed by atoms with van der Waals surface area (Å²) in [5, 5.41) is 3.21. The van der Waals surface area contributed by atoms with E-state index in [0.717, 1.165) is 10.6 Å². The average Bonchev–Trinajstić information content (AvgIpc) is 2.95. The van der Waals surface area contributed by atoms with Crippen LogP contribution in [0.4, 0.5) is 5.13 Å². The highest BCUT2D eigenvalue weighted by molar-refractivity contribution is 9.10. The first-order valence-electron chi connectivity index (χ1n) is 7.35. The molecule has 2 aromatic rings. The summed E-state index contributed by atoms with van der Waals surface area (Å²) in [6.07, 6.45) is 3.59. The monoisotopic (exact) mass is 445 g/mol. The highest BCUT2D eigenvalue weighted by Crippen LogP contribution is 2.30. The van der Waals surface area contributed by atoms with Crippen LogP contribution in [0.15, 0.2) is 22.9 Å². The molecule has 25 heavy (non-hydrogen) atoms. The molecule has 134 valence electrons. The lowest BCUT2D eigenvalue weighted by molar-refractivity contribution is 0.102. The number of nitrogens with one attached hydrogen (secondary N) is 1. The van der Waals surface area contributed by atoms with Gasteiger partial charge in [-0.25, -0.2) is 4.98 Å². The molecule has 1 N–H and O–H groups in total. The van der Waals surface area contributed by atoms with Gasteiger partial charge in [0.1, 0.15) is 0 Å². The number of rotatable bonds is 4. The summed E-state index contributed by atoms with van der Waals surface area (Å²) < 4.78 is 27.8. The van der Waals surface area contributed by atoms with E-state index in [0.29, 0.717) is 28.1 Å². The first-order chi connectivity index (χ1) is 11.8. The zero-order valence-corrected chi connectivity index (χ0v) is 16.8. The van der Waals surface area contributed by atoms with Gasteiger partial charge in [-0.2, -0.15) is 17.0 Å². The molecule has 0 atom stereocenters. The van der Waals surface area contributed by atoms with E-state index >= 15 is 0 Å². The fourth-order valence-corrected chi connectivity index (χ4v) is 4.90. The Kier molecular flexibility index (Phi) is 5.21. The quantitative estimate of drug-likeness (QED) is 0.772. The molecular formula is C14H16BrN5O3S2.